The first kappa shape index (κ1) is 14.6. The third-order valence-electron chi connectivity index (χ3n) is 2.89. The molecule has 106 valence electrons. The highest BCUT2D eigenvalue weighted by Gasteiger charge is 2.08. The number of nitriles is 1. The van der Waals surface area contributed by atoms with Gasteiger partial charge in [-0.1, -0.05) is 17.7 Å². The molecule has 0 unspecified atom stereocenters. The number of nitrogens with zero attached hydrogens (tertiary/aromatic N) is 1. The molecule has 0 atom stereocenters. The molecule has 4 nitrogen and oxygen atoms in total. The second-order valence-corrected chi connectivity index (χ2v) is 4.67. The van der Waals surface area contributed by atoms with Crippen molar-refractivity contribution >= 4 is 5.97 Å². The molecule has 4 heteroatoms. The Balaban J connectivity index is 1.91. The summed E-state index contributed by atoms with van der Waals surface area (Å²) < 4.78 is 10.6. The van der Waals surface area contributed by atoms with E-state index in [1.165, 1.54) is 0 Å². The lowest BCUT2D eigenvalue weighted by atomic mass is 10.1. The van der Waals surface area contributed by atoms with Crippen LogP contribution in [0, 0.1) is 25.2 Å². The van der Waals surface area contributed by atoms with Gasteiger partial charge in [-0.15, -0.1) is 0 Å². The molecule has 0 N–H and O–H groups in total. The molecule has 0 fully saturated rings. The maximum atomic E-state index is 11.7. The number of carbonyl (C=O) groups is 1. The molecule has 0 aliphatic heterocycles. The molecule has 2 rings (SSSR count). The van der Waals surface area contributed by atoms with Gasteiger partial charge in [0.25, 0.3) is 0 Å². The summed E-state index contributed by atoms with van der Waals surface area (Å²) in [6.07, 6.45) is 0. The second-order valence-electron chi connectivity index (χ2n) is 4.67. The molecule has 0 aliphatic carbocycles. The smallest absolute Gasteiger partial charge is 0.349 e. The predicted molar refractivity (Wildman–Crippen MR) is 78.2 cm³/mol. The summed E-state index contributed by atoms with van der Waals surface area (Å²) in [5, 5.41) is 8.69. The Morgan fingerprint density at radius 1 is 1.14 bits per heavy atom. The highest BCUT2D eigenvalue weighted by Crippen LogP contribution is 2.19. The van der Waals surface area contributed by atoms with E-state index in [-0.39, 0.29) is 6.61 Å². The van der Waals surface area contributed by atoms with Gasteiger partial charge in [0.1, 0.15) is 11.5 Å². The van der Waals surface area contributed by atoms with Crippen LogP contribution in [0.5, 0.6) is 11.5 Å². The van der Waals surface area contributed by atoms with Crippen molar-refractivity contribution in [1.29, 1.82) is 5.26 Å². The second kappa shape index (κ2) is 6.58. The van der Waals surface area contributed by atoms with Crippen molar-refractivity contribution in [1.82, 2.24) is 0 Å². The number of ether oxygens (including phenoxy) is 2. The van der Waals surface area contributed by atoms with Gasteiger partial charge in [0.2, 0.25) is 0 Å². The number of carbonyl (C=O) groups excluding carboxylic acids is 1. The largest absolute Gasteiger partial charge is 0.482 e. The standard InChI is InChI=1S/C17H15NO3/c1-12-3-8-16(13(2)9-12)21-17(19)11-20-15-6-4-14(10-18)5-7-15/h3-9H,11H2,1-2H3. The maximum absolute atomic E-state index is 11.7. The molecule has 0 saturated carbocycles. The Bertz CT molecular complexity index is 684. The van der Waals surface area contributed by atoms with E-state index in [4.69, 9.17) is 14.7 Å². The van der Waals surface area contributed by atoms with E-state index in [0.29, 0.717) is 17.1 Å². The van der Waals surface area contributed by atoms with Crippen molar-refractivity contribution in [2.75, 3.05) is 6.61 Å². The van der Waals surface area contributed by atoms with E-state index in [9.17, 15) is 4.79 Å². The Morgan fingerprint density at radius 3 is 2.48 bits per heavy atom. The fourth-order valence-electron chi connectivity index (χ4n) is 1.83. The number of esters is 1. The normalized spacial score (nSPS) is 9.76. The number of hydrogen-bond acceptors (Lipinski definition) is 4. The molecule has 21 heavy (non-hydrogen) atoms. The van der Waals surface area contributed by atoms with E-state index >= 15 is 0 Å². The van der Waals surface area contributed by atoms with Crippen molar-refractivity contribution in [3.63, 3.8) is 0 Å². The quantitative estimate of drug-likeness (QED) is 0.638. The van der Waals surface area contributed by atoms with Crippen molar-refractivity contribution in [3.05, 3.63) is 59.2 Å². The lowest BCUT2D eigenvalue weighted by molar-refractivity contribution is -0.136. The monoisotopic (exact) mass is 281 g/mol. The first-order valence-corrected chi connectivity index (χ1v) is 6.49. The lowest BCUT2D eigenvalue weighted by Gasteiger charge is -2.09. The lowest BCUT2D eigenvalue weighted by Crippen LogP contribution is -2.18. The van der Waals surface area contributed by atoms with Crippen molar-refractivity contribution in [2.24, 2.45) is 0 Å². The van der Waals surface area contributed by atoms with E-state index in [0.717, 1.165) is 11.1 Å². The first-order valence-electron chi connectivity index (χ1n) is 6.49. The van der Waals surface area contributed by atoms with Crippen molar-refractivity contribution in [3.8, 4) is 17.6 Å². The van der Waals surface area contributed by atoms with Gasteiger partial charge in [-0.05, 0) is 49.7 Å². The number of rotatable bonds is 4. The Morgan fingerprint density at radius 2 is 1.86 bits per heavy atom. The molecular weight excluding hydrogens is 266 g/mol. The molecule has 0 radical (unpaired) electrons. The summed E-state index contributed by atoms with van der Waals surface area (Å²) in [4.78, 5) is 11.7. The molecule has 0 heterocycles. The molecular formula is C17H15NO3. The summed E-state index contributed by atoms with van der Waals surface area (Å²) in [6.45, 7) is 3.68. The van der Waals surface area contributed by atoms with Gasteiger partial charge in [0.05, 0.1) is 11.6 Å². The molecule has 0 spiro atoms. The number of aryl methyl sites for hydroxylation is 2. The van der Waals surface area contributed by atoms with Crippen LogP contribution in [-0.2, 0) is 4.79 Å². The van der Waals surface area contributed by atoms with Gasteiger partial charge >= 0.3 is 5.97 Å². The molecule has 0 aromatic heterocycles. The fraction of sp³-hybridized carbons (Fsp3) is 0.176. The molecule has 0 bridgehead atoms. The Labute approximate surface area is 123 Å². The van der Waals surface area contributed by atoms with Gasteiger partial charge in [-0.25, -0.2) is 4.79 Å². The van der Waals surface area contributed by atoms with Crippen molar-refractivity contribution in [2.45, 2.75) is 13.8 Å². The van der Waals surface area contributed by atoms with Crippen LogP contribution >= 0.6 is 0 Å². The Hall–Kier alpha value is -2.80. The first-order chi connectivity index (χ1) is 10.1. The summed E-state index contributed by atoms with van der Waals surface area (Å²) in [6, 6.07) is 14.2. The number of hydrogen-bond donors (Lipinski definition) is 0. The molecule has 0 saturated heterocycles. The van der Waals surface area contributed by atoms with Crippen LogP contribution < -0.4 is 9.47 Å². The minimum Gasteiger partial charge on any atom is -0.482 e. The minimum absolute atomic E-state index is 0.181. The summed E-state index contributed by atoms with van der Waals surface area (Å²) >= 11 is 0. The summed E-state index contributed by atoms with van der Waals surface area (Å²) in [5.74, 6) is 0.590. The third kappa shape index (κ3) is 4.08. The van der Waals surface area contributed by atoms with Crippen LogP contribution in [-0.4, -0.2) is 12.6 Å². The van der Waals surface area contributed by atoms with E-state index in [2.05, 4.69) is 0 Å². The highest BCUT2D eigenvalue weighted by atomic mass is 16.6. The molecule has 0 aliphatic rings. The van der Waals surface area contributed by atoms with Crippen LogP contribution in [0.3, 0.4) is 0 Å². The van der Waals surface area contributed by atoms with E-state index < -0.39 is 5.97 Å². The van der Waals surface area contributed by atoms with Crippen LogP contribution in [0.2, 0.25) is 0 Å². The zero-order valence-corrected chi connectivity index (χ0v) is 11.9. The zero-order chi connectivity index (χ0) is 15.2. The van der Waals surface area contributed by atoms with Gasteiger partial charge in [-0.2, -0.15) is 5.26 Å². The van der Waals surface area contributed by atoms with Gasteiger partial charge < -0.3 is 9.47 Å². The van der Waals surface area contributed by atoms with Gasteiger partial charge in [-0.3, -0.25) is 0 Å². The Kier molecular flexibility index (Phi) is 4.57. The maximum Gasteiger partial charge on any atom is 0.349 e. The zero-order valence-electron chi connectivity index (χ0n) is 11.9. The van der Waals surface area contributed by atoms with Crippen LogP contribution in [0.15, 0.2) is 42.5 Å². The topological polar surface area (TPSA) is 59.3 Å². The summed E-state index contributed by atoms with van der Waals surface area (Å²) in [7, 11) is 0. The van der Waals surface area contributed by atoms with Crippen molar-refractivity contribution < 1.29 is 14.3 Å². The predicted octanol–water partition coefficient (Wildman–Crippen LogP) is 3.16. The van der Waals surface area contributed by atoms with Crippen LogP contribution in [0.4, 0.5) is 0 Å². The molecule has 2 aromatic carbocycles. The molecule has 0 amide bonds. The average Bonchev–Trinajstić information content (AvgIpc) is 2.48. The van der Waals surface area contributed by atoms with Crippen LogP contribution in [0.25, 0.3) is 0 Å². The SMILES string of the molecule is Cc1ccc(OC(=O)COc2ccc(C#N)cc2)c(C)c1. The highest BCUT2D eigenvalue weighted by molar-refractivity contribution is 5.74. The third-order valence-corrected chi connectivity index (χ3v) is 2.89. The summed E-state index contributed by atoms with van der Waals surface area (Å²) in [5.41, 5.74) is 2.56. The van der Waals surface area contributed by atoms with E-state index in [1.54, 1.807) is 30.3 Å². The minimum atomic E-state index is -0.466. The molecule has 2 aromatic rings. The van der Waals surface area contributed by atoms with Crippen LogP contribution in [0.1, 0.15) is 16.7 Å². The van der Waals surface area contributed by atoms with Gasteiger partial charge in [0.15, 0.2) is 6.61 Å². The average molecular weight is 281 g/mol. The van der Waals surface area contributed by atoms with Gasteiger partial charge in [0, 0.05) is 0 Å². The number of benzene rings is 2. The van der Waals surface area contributed by atoms with E-state index in [1.807, 2.05) is 32.0 Å². The fourth-order valence-corrected chi connectivity index (χ4v) is 1.83.